The van der Waals surface area contributed by atoms with Gasteiger partial charge in [0, 0.05) is 22.8 Å². The van der Waals surface area contributed by atoms with E-state index in [4.69, 9.17) is 5.11 Å². The van der Waals surface area contributed by atoms with E-state index in [1.165, 1.54) is 10.5 Å². The van der Waals surface area contributed by atoms with Crippen molar-refractivity contribution in [3.63, 3.8) is 0 Å². The highest BCUT2D eigenvalue weighted by molar-refractivity contribution is 7.98. The van der Waals surface area contributed by atoms with E-state index >= 15 is 0 Å². The second-order valence-corrected chi connectivity index (χ2v) is 6.18. The number of aromatic hydroxyl groups is 1. The Morgan fingerprint density at radius 2 is 1.42 bits per heavy atom. The molecule has 0 aromatic heterocycles. The number of phenols is 1. The first kappa shape index (κ1) is 18.1. The van der Waals surface area contributed by atoms with Crippen molar-refractivity contribution in [1.29, 1.82) is 0 Å². The number of hydrogen-bond acceptors (Lipinski definition) is 3. The predicted molar refractivity (Wildman–Crippen MR) is 102 cm³/mol. The largest absolute Gasteiger partial charge is 0.507 e. The van der Waals surface area contributed by atoms with Gasteiger partial charge in [-0.1, -0.05) is 54.6 Å². The van der Waals surface area contributed by atoms with Crippen LogP contribution in [0, 0.1) is 0 Å². The van der Waals surface area contributed by atoms with E-state index in [1.54, 1.807) is 24.8 Å². The molecule has 0 aliphatic heterocycles. The average molecular weight is 338 g/mol. The number of aliphatic hydroxyl groups is 1. The molecule has 0 spiro atoms. The fourth-order valence-corrected chi connectivity index (χ4v) is 3.07. The van der Waals surface area contributed by atoms with Crippen molar-refractivity contribution in [3.8, 4) is 16.9 Å². The number of benzene rings is 3. The zero-order chi connectivity index (χ0) is 17.2. The second-order valence-electron chi connectivity index (χ2n) is 5.14. The Bertz CT molecular complexity index is 727. The molecule has 0 radical (unpaired) electrons. The molecule has 0 unspecified atom stereocenters. The van der Waals surface area contributed by atoms with Gasteiger partial charge in [0.05, 0.1) is 0 Å². The molecule has 3 aromatic rings. The van der Waals surface area contributed by atoms with Crippen LogP contribution in [-0.2, 0) is 5.75 Å². The van der Waals surface area contributed by atoms with Gasteiger partial charge in [0.15, 0.2) is 0 Å². The zero-order valence-electron chi connectivity index (χ0n) is 13.7. The summed E-state index contributed by atoms with van der Waals surface area (Å²) in [5.41, 5.74) is 3.14. The zero-order valence-corrected chi connectivity index (χ0v) is 14.5. The summed E-state index contributed by atoms with van der Waals surface area (Å²) in [6.07, 6.45) is 0. The van der Waals surface area contributed by atoms with Crippen molar-refractivity contribution in [1.82, 2.24) is 0 Å². The monoisotopic (exact) mass is 338 g/mol. The van der Waals surface area contributed by atoms with Gasteiger partial charge in [0.25, 0.3) is 0 Å². The fraction of sp³-hybridized carbons (Fsp3) is 0.143. The minimum absolute atomic E-state index is 0.250. The molecule has 0 aliphatic carbocycles. The first-order chi connectivity index (χ1) is 11.7. The van der Waals surface area contributed by atoms with Crippen LogP contribution in [0.15, 0.2) is 83.8 Å². The molecule has 3 heteroatoms. The van der Waals surface area contributed by atoms with Crippen LogP contribution in [0.1, 0.15) is 12.5 Å². The molecule has 2 nitrogen and oxygen atoms in total. The molecule has 0 saturated heterocycles. The Balaban J connectivity index is 0.000000647. The van der Waals surface area contributed by atoms with Gasteiger partial charge in [0.1, 0.15) is 5.75 Å². The molecule has 0 fully saturated rings. The lowest BCUT2D eigenvalue weighted by Crippen LogP contribution is -1.85. The summed E-state index contributed by atoms with van der Waals surface area (Å²) in [5, 5.41) is 17.6. The number of phenolic OH excluding ortho intramolecular Hbond substituents is 1. The summed E-state index contributed by atoms with van der Waals surface area (Å²) in [4.78, 5) is 1.26. The van der Waals surface area contributed by atoms with Gasteiger partial charge >= 0.3 is 0 Å². The molecule has 0 amide bonds. The summed E-state index contributed by atoms with van der Waals surface area (Å²) >= 11 is 1.80. The standard InChI is InChI=1S/C19H16OS.C2H6O/c20-19-12-11-15(14-21-17-9-5-2-6-10-17)13-18(19)16-7-3-1-4-8-16;1-2-3/h1-13,20H,14H2;3H,2H2,1H3. The van der Waals surface area contributed by atoms with Gasteiger partial charge in [-0.25, -0.2) is 0 Å². The Labute approximate surface area is 147 Å². The van der Waals surface area contributed by atoms with Crippen LogP contribution in [0.3, 0.4) is 0 Å². The normalized spacial score (nSPS) is 9.92. The highest BCUT2D eigenvalue weighted by Crippen LogP contribution is 2.32. The van der Waals surface area contributed by atoms with E-state index in [0.717, 1.165) is 16.9 Å². The summed E-state index contributed by atoms with van der Waals surface area (Å²) in [6.45, 7) is 1.93. The van der Waals surface area contributed by atoms with Gasteiger partial charge in [-0.05, 0) is 42.3 Å². The Morgan fingerprint density at radius 1 is 0.833 bits per heavy atom. The maximum absolute atomic E-state index is 10.1. The van der Waals surface area contributed by atoms with Crippen molar-refractivity contribution in [3.05, 3.63) is 84.4 Å². The van der Waals surface area contributed by atoms with E-state index in [1.807, 2.05) is 42.5 Å². The maximum Gasteiger partial charge on any atom is 0.123 e. The topological polar surface area (TPSA) is 40.5 Å². The van der Waals surface area contributed by atoms with Gasteiger partial charge in [-0.15, -0.1) is 11.8 Å². The number of hydrogen-bond donors (Lipinski definition) is 2. The minimum atomic E-state index is 0.250. The molecule has 24 heavy (non-hydrogen) atoms. The van der Waals surface area contributed by atoms with Crippen LogP contribution in [0.5, 0.6) is 5.75 Å². The third kappa shape index (κ3) is 5.44. The number of thioether (sulfide) groups is 1. The predicted octanol–water partition coefficient (Wildman–Crippen LogP) is 5.35. The molecular formula is C21H22O2S. The number of aliphatic hydroxyl groups excluding tert-OH is 1. The lowest BCUT2D eigenvalue weighted by Gasteiger charge is -2.08. The van der Waals surface area contributed by atoms with Crippen LogP contribution in [0.25, 0.3) is 11.1 Å². The van der Waals surface area contributed by atoms with E-state index < -0.39 is 0 Å². The molecular weight excluding hydrogens is 316 g/mol. The molecule has 0 saturated carbocycles. The lowest BCUT2D eigenvalue weighted by molar-refractivity contribution is 0.318. The van der Waals surface area contributed by atoms with Crippen molar-refractivity contribution < 1.29 is 10.2 Å². The number of rotatable bonds is 4. The molecule has 3 rings (SSSR count). The van der Waals surface area contributed by atoms with Crippen LogP contribution in [0.4, 0.5) is 0 Å². The van der Waals surface area contributed by atoms with Crippen molar-refractivity contribution in [2.45, 2.75) is 17.6 Å². The molecule has 3 aromatic carbocycles. The fourth-order valence-electron chi connectivity index (χ4n) is 2.21. The summed E-state index contributed by atoms with van der Waals surface area (Å²) in [5.74, 6) is 1.22. The molecule has 0 bridgehead atoms. The van der Waals surface area contributed by atoms with Gasteiger partial charge < -0.3 is 10.2 Å². The van der Waals surface area contributed by atoms with Gasteiger partial charge in [0.2, 0.25) is 0 Å². The Hall–Kier alpha value is -2.23. The smallest absolute Gasteiger partial charge is 0.123 e. The third-order valence-electron chi connectivity index (χ3n) is 3.29. The summed E-state index contributed by atoms with van der Waals surface area (Å²) in [6, 6.07) is 26.2. The van der Waals surface area contributed by atoms with Crippen molar-refractivity contribution in [2.24, 2.45) is 0 Å². The molecule has 0 atom stereocenters. The molecule has 0 aliphatic rings. The van der Waals surface area contributed by atoms with Gasteiger partial charge in [-0.2, -0.15) is 0 Å². The third-order valence-corrected chi connectivity index (χ3v) is 4.38. The van der Waals surface area contributed by atoms with Crippen LogP contribution in [-0.4, -0.2) is 16.8 Å². The van der Waals surface area contributed by atoms with Crippen molar-refractivity contribution in [2.75, 3.05) is 6.61 Å². The lowest BCUT2D eigenvalue weighted by atomic mass is 10.0. The maximum atomic E-state index is 10.1. The first-order valence-electron chi connectivity index (χ1n) is 7.90. The van der Waals surface area contributed by atoms with Crippen LogP contribution < -0.4 is 0 Å². The molecule has 0 heterocycles. The quantitative estimate of drug-likeness (QED) is 0.630. The summed E-state index contributed by atoms with van der Waals surface area (Å²) in [7, 11) is 0. The highest BCUT2D eigenvalue weighted by atomic mass is 32.2. The van der Waals surface area contributed by atoms with E-state index in [9.17, 15) is 5.11 Å². The van der Waals surface area contributed by atoms with Crippen molar-refractivity contribution >= 4 is 11.8 Å². The van der Waals surface area contributed by atoms with Crippen LogP contribution in [0.2, 0.25) is 0 Å². The second kappa shape index (κ2) is 9.81. The van der Waals surface area contributed by atoms with Crippen LogP contribution >= 0.6 is 11.8 Å². The highest BCUT2D eigenvalue weighted by Gasteiger charge is 2.05. The first-order valence-corrected chi connectivity index (χ1v) is 8.89. The minimum Gasteiger partial charge on any atom is -0.507 e. The van der Waals surface area contributed by atoms with E-state index in [-0.39, 0.29) is 6.61 Å². The Kier molecular flexibility index (Phi) is 7.40. The van der Waals surface area contributed by atoms with E-state index in [0.29, 0.717) is 5.75 Å². The van der Waals surface area contributed by atoms with E-state index in [2.05, 4.69) is 30.3 Å². The summed E-state index contributed by atoms with van der Waals surface area (Å²) < 4.78 is 0. The Morgan fingerprint density at radius 3 is 2.04 bits per heavy atom. The van der Waals surface area contributed by atoms with Gasteiger partial charge in [-0.3, -0.25) is 0 Å². The average Bonchev–Trinajstić information content (AvgIpc) is 2.63. The molecule has 124 valence electrons. The SMILES string of the molecule is CCO.Oc1ccc(CSc2ccccc2)cc1-c1ccccc1. The molecule has 2 N–H and O–H groups in total.